The zero-order chi connectivity index (χ0) is 31.2. The molecule has 228 valence electrons. The molecule has 0 bridgehead atoms. The summed E-state index contributed by atoms with van der Waals surface area (Å²) in [4.78, 5) is 59.3. The normalized spacial score (nSPS) is 22.0. The number of rotatable bonds is 10. The first-order valence-electron chi connectivity index (χ1n) is 12.2. The second-order valence-electron chi connectivity index (χ2n) is 8.90. The van der Waals surface area contributed by atoms with Gasteiger partial charge in [0.25, 0.3) is 10.0 Å². The molecule has 5 atom stereocenters. The van der Waals surface area contributed by atoms with Gasteiger partial charge >= 0.3 is 23.9 Å². The fourth-order valence-corrected chi connectivity index (χ4v) is 5.73. The van der Waals surface area contributed by atoms with E-state index in [9.17, 15) is 27.6 Å². The molecule has 0 saturated carbocycles. The molecule has 1 aliphatic rings. The maximum absolute atomic E-state index is 12.9. The highest BCUT2D eigenvalue weighted by Crippen LogP contribution is 2.37. The second kappa shape index (κ2) is 13.8. The maximum atomic E-state index is 12.9. The van der Waals surface area contributed by atoms with Gasteiger partial charge in [-0.15, -0.1) is 0 Å². The Bertz CT molecular complexity index is 1440. The molecule has 1 aliphatic heterocycles. The van der Waals surface area contributed by atoms with Crippen LogP contribution < -0.4 is 10.5 Å². The van der Waals surface area contributed by atoms with Crippen molar-refractivity contribution in [2.24, 2.45) is 0 Å². The molecule has 2 heterocycles. The third-order valence-corrected chi connectivity index (χ3v) is 7.71. The van der Waals surface area contributed by atoms with Crippen molar-refractivity contribution in [2.75, 3.05) is 17.1 Å². The van der Waals surface area contributed by atoms with Crippen LogP contribution in [0.1, 0.15) is 33.3 Å². The zero-order valence-corrected chi connectivity index (χ0v) is 24.8. The minimum absolute atomic E-state index is 0.0547. The Hall–Kier alpha value is -4.03. The molecular weight excluding hydrogens is 598 g/mol. The van der Waals surface area contributed by atoms with Gasteiger partial charge in [-0.1, -0.05) is 17.7 Å². The van der Waals surface area contributed by atoms with E-state index in [4.69, 9.17) is 29.4 Å². The second-order valence-corrected chi connectivity index (χ2v) is 11.7. The number of hydrogen-bond acceptors (Lipinski definition) is 16. The number of ether oxygens (including phenoxy) is 5. The molecular formula is C24H29N5O11S2. The molecule has 1 aromatic heterocycles. The minimum Gasteiger partial charge on any atom is -0.463 e. The summed E-state index contributed by atoms with van der Waals surface area (Å²) in [7, 11) is -4.11. The van der Waals surface area contributed by atoms with Gasteiger partial charge in [0, 0.05) is 27.7 Å². The summed E-state index contributed by atoms with van der Waals surface area (Å²) in [6.45, 7) is 5.80. The number of anilines is 2. The molecule has 0 radical (unpaired) electrons. The van der Waals surface area contributed by atoms with Crippen LogP contribution in [0.15, 0.2) is 34.3 Å². The Morgan fingerprint density at radius 2 is 1.45 bits per heavy atom. The van der Waals surface area contributed by atoms with E-state index in [1.165, 1.54) is 12.1 Å². The highest BCUT2D eigenvalue weighted by atomic mass is 32.2. The number of hydrogen-bond donors (Lipinski definition) is 2. The first-order valence-corrected chi connectivity index (χ1v) is 14.6. The maximum Gasteiger partial charge on any atom is 0.303 e. The first-order chi connectivity index (χ1) is 19.6. The smallest absolute Gasteiger partial charge is 0.303 e. The van der Waals surface area contributed by atoms with Crippen molar-refractivity contribution in [2.45, 2.75) is 74.5 Å². The SMILES string of the molecule is CC(=O)OCC1OC(Sc2nc(N)nc(NS(=O)(=O)c3ccc(C)cc3)n2)C(OC(C)=O)C(OC(C)=O)C1OC(C)=O. The highest BCUT2D eigenvalue weighted by Gasteiger charge is 2.52. The summed E-state index contributed by atoms with van der Waals surface area (Å²) in [6.07, 6.45) is -5.38. The monoisotopic (exact) mass is 627 g/mol. The molecule has 16 nitrogen and oxygen atoms in total. The first kappa shape index (κ1) is 32.5. The third-order valence-electron chi connectivity index (χ3n) is 5.36. The number of thioether (sulfide) groups is 1. The Morgan fingerprint density at radius 3 is 2.02 bits per heavy atom. The number of nitrogens with zero attached hydrogens (tertiary/aromatic N) is 3. The summed E-state index contributed by atoms with van der Waals surface area (Å²) < 4.78 is 55.2. The lowest BCUT2D eigenvalue weighted by atomic mass is 9.99. The molecule has 3 rings (SSSR count). The van der Waals surface area contributed by atoms with E-state index in [-0.39, 0.29) is 16.0 Å². The average molecular weight is 628 g/mol. The Kier molecular flexibility index (Phi) is 10.6. The van der Waals surface area contributed by atoms with Crippen LogP contribution >= 0.6 is 11.8 Å². The van der Waals surface area contributed by atoms with Gasteiger partial charge in [-0.25, -0.2) is 13.1 Å². The number of carbonyl (C=O) groups excluding carboxylic acids is 4. The van der Waals surface area contributed by atoms with E-state index in [0.717, 1.165) is 33.3 Å². The molecule has 42 heavy (non-hydrogen) atoms. The van der Waals surface area contributed by atoms with E-state index in [0.29, 0.717) is 11.8 Å². The third kappa shape index (κ3) is 8.98. The average Bonchev–Trinajstić information content (AvgIpc) is 2.85. The number of nitrogens with two attached hydrogens (primary N) is 1. The fraction of sp³-hybridized carbons (Fsp3) is 0.458. The lowest BCUT2D eigenvalue weighted by Crippen LogP contribution is -2.61. The van der Waals surface area contributed by atoms with Crippen molar-refractivity contribution in [3.05, 3.63) is 29.8 Å². The molecule has 2 aromatic rings. The van der Waals surface area contributed by atoms with E-state index in [1.54, 1.807) is 19.1 Å². The summed E-state index contributed by atoms with van der Waals surface area (Å²) in [5.41, 5.74) is 5.39. The van der Waals surface area contributed by atoms with Gasteiger partial charge in [0.15, 0.2) is 28.9 Å². The summed E-state index contributed by atoms with van der Waals surface area (Å²) >= 11 is 0.708. The van der Waals surface area contributed by atoms with Crippen molar-refractivity contribution < 1.29 is 51.3 Å². The van der Waals surface area contributed by atoms with E-state index in [2.05, 4.69) is 19.7 Å². The number of sulfonamides is 1. The zero-order valence-electron chi connectivity index (χ0n) is 23.1. The van der Waals surface area contributed by atoms with Crippen LogP contribution in [-0.2, 0) is 52.9 Å². The van der Waals surface area contributed by atoms with E-state index < -0.39 is 76.3 Å². The van der Waals surface area contributed by atoms with Gasteiger partial charge in [-0.2, -0.15) is 15.0 Å². The molecule has 3 N–H and O–H groups in total. The highest BCUT2D eigenvalue weighted by molar-refractivity contribution is 7.99. The molecule has 1 fully saturated rings. The number of nitrogens with one attached hydrogen (secondary N) is 1. The Morgan fingerprint density at radius 1 is 0.881 bits per heavy atom. The van der Waals surface area contributed by atoms with Crippen molar-refractivity contribution >= 4 is 57.6 Å². The quantitative estimate of drug-likeness (QED) is 0.273. The standard InChI is InChI=1S/C24H29N5O11S2/c1-11-6-8-16(9-7-11)42(34,35)29-23-26-22(25)27-24(28-23)41-21-20(39-15(5)33)19(38-14(4)32)18(37-13(3)31)17(40-21)10-36-12(2)30/h6-9,17-21H,10H2,1-5H3,(H3,25,26,27,28,29). The lowest BCUT2D eigenvalue weighted by Gasteiger charge is -2.43. The number of nitrogen functional groups attached to an aromatic ring is 1. The predicted molar refractivity (Wildman–Crippen MR) is 144 cm³/mol. The summed E-state index contributed by atoms with van der Waals surface area (Å²) in [6, 6.07) is 6.02. The summed E-state index contributed by atoms with van der Waals surface area (Å²) in [5, 5.41) is -0.176. The number of esters is 4. The summed E-state index contributed by atoms with van der Waals surface area (Å²) in [5.74, 6) is -3.84. The van der Waals surface area contributed by atoms with Crippen LogP contribution in [0.3, 0.4) is 0 Å². The number of benzene rings is 1. The molecule has 0 amide bonds. The largest absolute Gasteiger partial charge is 0.463 e. The molecule has 1 aromatic carbocycles. The van der Waals surface area contributed by atoms with Gasteiger partial charge in [0.05, 0.1) is 4.90 Å². The van der Waals surface area contributed by atoms with Gasteiger partial charge in [0.1, 0.15) is 12.7 Å². The van der Waals surface area contributed by atoms with Crippen molar-refractivity contribution in [3.63, 3.8) is 0 Å². The van der Waals surface area contributed by atoms with Crippen molar-refractivity contribution in [1.82, 2.24) is 15.0 Å². The van der Waals surface area contributed by atoms with Crippen LogP contribution in [0.5, 0.6) is 0 Å². The fourth-order valence-electron chi connectivity index (χ4n) is 3.75. The van der Waals surface area contributed by atoms with Crippen LogP contribution in [0.2, 0.25) is 0 Å². The molecule has 1 saturated heterocycles. The van der Waals surface area contributed by atoms with Crippen LogP contribution in [0.4, 0.5) is 11.9 Å². The molecule has 5 unspecified atom stereocenters. The van der Waals surface area contributed by atoms with E-state index in [1.807, 2.05) is 0 Å². The van der Waals surface area contributed by atoms with Gasteiger partial charge in [-0.05, 0) is 30.8 Å². The lowest BCUT2D eigenvalue weighted by molar-refractivity contribution is -0.237. The Balaban J connectivity index is 1.98. The Labute approximate surface area is 245 Å². The van der Waals surface area contributed by atoms with Gasteiger partial charge < -0.3 is 29.4 Å². The van der Waals surface area contributed by atoms with Gasteiger partial charge in [-0.3, -0.25) is 19.2 Å². The molecule has 0 aliphatic carbocycles. The predicted octanol–water partition coefficient (Wildman–Crippen LogP) is 0.738. The van der Waals surface area contributed by atoms with Crippen LogP contribution in [-0.4, -0.2) is 83.7 Å². The minimum atomic E-state index is -4.11. The van der Waals surface area contributed by atoms with Crippen LogP contribution in [0, 0.1) is 6.92 Å². The van der Waals surface area contributed by atoms with Gasteiger partial charge in [0.2, 0.25) is 11.9 Å². The van der Waals surface area contributed by atoms with Crippen LogP contribution in [0.25, 0.3) is 0 Å². The number of aromatic nitrogens is 3. The topological polar surface area (TPSA) is 225 Å². The molecule has 18 heteroatoms. The number of carbonyl (C=O) groups is 4. The van der Waals surface area contributed by atoms with Crippen molar-refractivity contribution in [3.8, 4) is 0 Å². The van der Waals surface area contributed by atoms with E-state index >= 15 is 0 Å². The van der Waals surface area contributed by atoms with Crippen molar-refractivity contribution in [1.29, 1.82) is 0 Å². The molecule has 0 spiro atoms. The number of aryl methyl sites for hydroxylation is 1.